The van der Waals surface area contributed by atoms with Crippen molar-refractivity contribution < 1.29 is 14.3 Å². The lowest BCUT2D eigenvalue weighted by Gasteiger charge is -2.17. The number of nitrogens with zero attached hydrogens (tertiary/aromatic N) is 2. The third-order valence-corrected chi connectivity index (χ3v) is 4.14. The summed E-state index contributed by atoms with van der Waals surface area (Å²) >= 11 is 0. The first-order valence-electron chi connectivity index (χ1n) is 7.93. The molecule has 0 aliphatic heterocycles. The van der Waals surface area contributed by atoms with E-state index in [0.29, 0.717) is 17.7 Å². The van der Waals surface area contributed by atoms with Gasteiger partial charge in [-0.05, 0) is 30.5 Å². The van der Waals surface area contributed by atoms with Gasteiger partial charge in [0.1, 0.15) is 11.8 Å². The topological polar surface area (TPSA) is 84.1 Å². The maximum Gasteiger partial charge on any atom is 0.310 e. The highest BCUT2D eigenvalue weighted by Crippen LogP contribution is 2.14. The normalized spacial score (nSPS) is 11.4. The van der Waals surface area contributed by atoms with Crippen molar-refractivity contribution in [3.63, 3.8) is 0 Å². The average Bonchev–Trinajstić information content (AvgIpc) is 3.00. The van der Waals surface area contributed by atoms with Gasteiger partial charge in [0.25, 0.3) is 5.91 Å². The van der Waals surface area contributed by atoms with Crippen molar-refractivity contribution in [3.8, 4) is 6.07 Å². The van der Waals surface area contributed by atoms with Crippen LogP contribution in [-0.2, 0) is 23.0 Å². The Morgan fingerprint density at radius 1 is 1.36 bits per heavy atom. The first kappa shape index (κ1) is 18.3. The molecule has 25 heavy (non-hydrogen) atoms. The molecule has 0 radical (unpaired) electrons. The van der Waals surface area contributed by atoms with E-state index >= 15 is 0 Å². The molecule has 0 saturated heterocycles. The minimum atomic E-state index is -0.481. The van der Waals surface area contributed by atoms with Gasteiger partial charge in [0.15, 0.2) is 0 Å². The van der Waals surface area contributed by atoms with Crippen LogP contribution < -0.4 is 5.32 Å². The summed E-state index contributed by atoms with van der Waals surface area (Å²) in [5.74, 6) is -1.18. The summed E-state index contributed by atoms with van der Waals surface area (Å²) in [5.41, 5.74) is 2.91. The van der Waals surface area contributed by atoms with Crippen molar-refractivity contribution in [1.82, 2.24) is 9.88 Å². The predicted octanol–water partition coefficient (Wildman–Crippen LogP) is 1.97. The molecule has 0 spiro atoms. The Morgan fingerprint density at radius 2 is 2.08 bits per heavy atom. The zero-order valence-electron chi connectivity index (χ0n) is 14.6. The molecule has 1 heterocycles. The van der Waals surface area contributed by atoms with E-state index in [4.69, 9.17) is 10.00 Å². The molecule has 2 rings (SSSR count). The highest BCUT2D eigenvalue weighted by atomic mass is 16.5. The van der Waals surface area contributed by atoms with Gasteiger partial charge in [-0.2, -0.15) is 5.26 Å². The molecular weight excluding hydrogens is 318 g/mol. The summed E-state index contributed by atoms with van der Waals surface area (Å²) in [4.78, 5) is 24.4. The second-order valence-corrected chi connectivity index (χ2v) is 5.90. The fraction of sp³-hybridized carbons (Fsp3) is 0.316. The molecule has 0 aliphatic carbocycles. The standard InChI is InChI=1S/C19H21N3O3/c1-13-6-4-5-7-15(13)9-16(19(24)25-3)11-21-18(23)17-8-14(10-20)12-22(17)2/h4-8,12,16H,9,11H2,1-3H3,(H,21,23). The van der Waals surface area contributed by atoms with Crippen LogP contribution in [0.25, 0.3) is 0 Å². The Morgan fingerprint density at radius 3 is 2.68 bits per heavy atom. The van der Waals surface area contributed by atoms with Crippen molar-refractivity contribution in [2.24, 2.45) is 13.0 Å². The van der Waals surface area contributed by atoms with E-state index in [9.17, 15) is 9.59 Å². The van der Waals surface area contributed by atoms with Crippen LogP contribution in [0.5, 0.6) is 0 Å². The third-order valence-electron chi connectivity index (χ3n) is 4.14. The number of aromatic nitrogens is 1. The largest absolute Gasteiger partial charge is 0.469 e. The Balaban J connectivity index is 2.08. The minimum Gasteiger partial charge on any atom is -0.469 e. The van der Waals surface area contributed by atoms with E-state index < -0.39 is 5.92 Å². The number of carbonyl (C=O) groups is 2. The number of methoxy groups -OCH3 is 1. The number of rotatable bonds is 6. The summed E-state index contributed by atoms with van der Waals surface area (Å²) in [6, 6.07) is 11.3. The number of nitrogens with one attached hydrogen (secondary N) is 1. The third kappa shape index (κ3) is 4.48. The Kier molecular flexibility index (Phi) is 5.96. The van der Waals surface area contributed by atoms with Gasteiger partial charge in [-0.1, -0.05) is 24.3 Å². The minimum absolute atomic E-state index is 0.160. The van der Waals surface area contributed by atoms with Crippen molar-refractivity contribution in [3.05, 3.63) is 58.9 Å². The van der Waals surface area contributed by atoms with Crippen LogP contribution in [0.2, 0.25) is 0 Å². The number of hydrogen-bond donors (Lipinski definition) is 1. The van der Waals surface area contributed by atoms with Crippen LogP contribution in [0.1, 0.15) is 27.2 Å². The molecule has 0 bridgehead atoms. The second-order valence-electron chi connectivity index (χ2n) is 5.90. The Hall–Kier alpha value is -3.07. The number of ether oxygens (including phenoxy) is 1. The molecule has 1 N–H and O–H groups in total. The van der Waals surface area contributed by atoms with Crippen molar-refractivity contribution >= 4 is 11.9 Å². The Labute approximate surface area is 147 Å². The fourth-order valence-electron chi connectivity index (χ4n) is 2.67. The molecule has 130 valence electrons. The SMILES string of the molecule is COC(=O)C(CNC(=O)c1cc(C#N)cn1C)Cc1ccccc1C. The number of benzene rings is 1. The molecule has 0 fully saturated rings. The lowest BCUT2D eigenvalue weighted by Crippen LogP contribution is -2.35. The quantitative estimate of drug-likeness (QED) is 0.816. The van der Waals surface area contributed by atoms with Gasteiger partial charge in [-0.15, -0.1) is 0 Å². The maximum atomic E-state index is 12.3. The Bertz CT molecular complexity index is 818. The zero-order chi connectivity index (χ0) is 18.4. The molecule has 6 nitrogen and oxygen atoms in total. The smallest absolute Gasteiger partial charge is 0.310 e. The number of hydrogen-bond acceptors (Lipinski definition) is 4. The zero-order valence-corrected chi connectivity index (χ0v) is 14.6. The molecule has 0 saturated carbocycles. The van der Waals surface area contributed by atoms with Crippen LogP contribution in [-0.4, -0.2) is 30.1 Å². The number of aryl methyl sites for hydroxylation is 2. The van der Waals surface area contributed by atoms with E-state index in [-0.39, 0.29) is 18.4 Å². The second kappa shape index (κ2) is 8.15. The number of nitriles is 1. The monoisotopic (exact) mass is 339 g/mol. The molecule has 1 atom stereocenters. The van der Waals surface area contributed by atoms with Gasteiger partial charge in [0, 0.05) is 19.8 Å². The lowest BCUT2D eigenvalue weighted by molar-refractivity contribution is -0.145. The summed E-state index contributed by atoms with van der Waals surface area (Å²) in [6.45, 7) is 2.14. The molecule has 2 aromatic rings. The maximum absolute atomic E-state index is 12.3. The molecule has 1 aromatic heterocycles. The first-order valence-corrected chi connectivity index (χ1v) is 7.93. The van der Waals surface area contributed by atoms with Crippen molar-refractivity contribution in [2.75, 3.05) is 13.7 Å². The molecule has 1 aromatic carbocycles. The molecule has 1 amide bonds. The number of carbonyl (C=O) groups excluding carboxylic acids is 2. The average molecular weight is 339 g/mol. The van der Waals surface area contributed by atoms with E-state index in [1.807, 2.05) is 37.3 Å². The van der Waals surface area contributed by atoms with Gasteiger partial charge in [-0.25, -0.2) is 0 Å². The van der Waals surface area contributed by atoms with Gasteiger partial charge < -0.3 is 14.6 Å². The van der Waals surface area contributed by atoms with Gasteiger partial charge >= 0.3 is 5.97 Å². The molecule has 1 unspecified atom stereocenters. The summed E-state index contributed by atoms with van der Waals surface area (Å²) in [7, 11) is 3.03. The van der Waals surface area contributed by atoms with E-state index in [2.05, 4.69) is 5.32 Å². The number of esters is 1. The fourth-order valence-corrected chi connectivity index (χ4v) is 2.67. The number of amides is 1. The van der Waals surface area contributed by atoms with E-state index in [1.165, 1.54) is 13.2 Å². The van der Waals surface area contributed by atoms with Gasteiger partial charge in [0.05, 0.1) is 18.6 Å². The molecule has 6 heteroatoms. The van der Waals surface area contributed by atoms with Crippen LogP contribution in [0.4, 0.5) is 0 Å². The predicted molar refractivity (Wildman–Crippen MR) is 92.9 cm³/mol. The molecular formula is C19H21N3O3. The first-order chi connectivity index (χ1) is 12.0. The van der Waals surface area contributed by atoms with Crippen LogP contribution >= 0.6 is 0 Å². The lowest BCUT2D eigenvalue weighted by atomic mass is 9.96. The van der Waals surface area contributed by atoms with Crippen LogP contribution in [0.15, 0.2) is 36.5 Å². The van der Waals surface area contributed by atoms with E-state index in [1.54, 1.807) is 17.8 Å². The molecule has 0 aliphatic rings. The summed E-state index contributed by atoms with van der Waals surface area (Å²) in [6.07, 6.45) is 2.07. The van der Waals surface area contributed by atoms with Crippen molar-refractivity contribution in [1.29, 1.82) is 5.26 Å². The highest BCUT2D eigenvalue weighted by Gasteiger charge is 2.22. The van der Waals surface area contributed by atoms with Gasteiger partial charge in [0.2, 0.25) is 0 Å². The van der Waals surface area contributed by atoms with Crippen LogP contribution in [0, 0.1) is 24.2 Å². The van der Waals surface area contributed by atoms with Crippen molar-refractivity contribution in [2.45, 2.75) is 13.3 Å². The van der Waals surface area contributed by atoms with Gasteiger partial charge in [-0.3, -0.25) is 9.59 Å². The summed E-state index contributed by atoms with van der Waals surface area (Å²) < 4.78 is 6.45. The van der Waals surface area contributed by atoms with E-state index in [0.717, 1.165) is 11.1 Å². The highest BCUT2D eigenvalue weighted by molar-refractivity contribution is 5.93. The van der Waals surface area contributed by atoms with Crippen LogP contribution in [0.3, 0.4) is 0 Å². The summed E-state index contributed by atoms with van der Waals surface area (Å²) in [5, 5.41) is 11.7.